The lowest BCUT2D eigenvalue weighted by Crippen LogP contribution is -2.35. The Kier molecular flexibility index (Phi) is 4.02. The summed E-state index contributed by atoms with van der Waals surface area (Å²) >= 11 is 0. The Bertz CT molecular complexity index is 413. The van der Waals surface area contributed by atoms with Gasteiger partial charge in [0.25, 0.3) is 0 Å². The largest absolute Gasteiger partial charge is 0.481 e. The number of carboxylic acids is 1. The van der Waals surface area contributed by atoms with E-state index in [0.29, 0.717) is 25.1 Å². The number of carbonyl (C=O) groups excluding carboxylic acids is 1. The highest BCUT2D eigenvalue weighted by atomic mass is 16.4. The van der Waals surface area contributed by atoms with Crippen molar-refractivity contribution >= 4 is 11.9 Å². The van der Waals surface area contributed by atoms with Crippen LogP contribution in [-0.4, -0.2) is 17.0 Å². The van der Waals surface area contributed by atoms with Crippen LogP contribution < -0.4 is 5.32 Å². The number of hydrogen-bond donors (Lipinski definition) is 2. The molecule has 2 rings (SSSR count). The van der Waals surface area contributed by atoms with Crippen molar-refractivity contribution < 1.29 is 19.1 Å². The molecule has 0 aliphatic heterocycles. The number of aliphatic carboxylic acids is 1. The summed E-state index contributed by atoms with van der Waals surface area (Å²) in [6, 6.07) is 3.56. The quantitative estimate of drug-likeness (QED) is 0.855. The van der Waals surface area contributed by atoms with Crippen molar-refractivity contribution in [3.63, 3.8) is 0 Å². The number of carboxylic acid groups (broad SMARTS) is 1. The maximum Gasteiger partial charge on any atom is 0.306 e. The van der Waals surface area contributed by atoms with E-state index in [1.807, 2.05) is 0 Å². The number of furan rings is 1. The molecule has 0 bridgehead atoms. The SMILES string of the molecule is O=C(O)[C@@H]1CCC[C@H](C(=O)NCc2ccco2)C1. The molecule has 0 unspecified atom stereocenters. The smallest absolute Gasteiger partial charge is 0.306 e. The van der Waals surface area contributed by atoms with Crippen LogP contribution in [0.4, 0.5) is 0 Å². The molecule has 5 nitrogen and oxygen atoms in total. The molecular formula is C13H17NO4. The molecule has 5 heteroatoms. The molecule has 2 N–H and O–H groups in total. The van der Waals surface area contributed by atoms with Crippen molar-refractivity contribution in [1.29, 1.82) is 0 Å². The highest BCUT2D eigenvalue weighted by Crippen LogP contribution is 2.29. The van der Waals surface area contributed by atoms with Gasteiger partial charge in [-0.2, -0.15) is 0 Å². The fraction of sp³-hybridized carbons (Fsp3) is 0.538. The molecule has 1 amide bonds. The Morgan fingerprint density at radius 2 is 2.17 bits per heavy atom. The Labute approximate surface area is 105 Å². The van der Waals surface area contributed by atoms with E-state index >= 15 is 0 Å². The first kappa shape index (κ1) is 12.7. The van der Waals surface area contributed by atoms with Crippen LogP contribution in [-0.2, 0) is 16.1 Å². The Balaban J connectivity index is 1.83. The topological polar surface area (TPSA) is 79.5 Å². The van der Waals surface area contributed by atoms with Crippen LogP contribution in [0.5, 0.6) is 0 Å². The second-order valence-electron chi connectivity index (χ2n) is 4.70. The van der Waals surface area contributed by atoms with Gasteiger partial charge < -0.3 is 14.8 Å². The number of hydrogen-bond acceptors (Lipinski definition) is 3. The molecule has 1 saturated carbocycles. The van der Waals surface area contributed by atoms with Crippen molar-refractivity contribution in [3.05, 3.63) is 24.2 Å². The van der Waals surface area contributed by atoms with Crippen LogP contribution in [0.1, 0.15) is 31.4 Å². The molecule has 0 spiro atoms. The predicted octanol–water partition coefficient (Wildman–Crippen LogP) is 1.79. The summed E-state index contributed by atoms with van der Waals surface area (Å²) in [5.74, 6) is -0.724. The van der Waals surface area contributed by atoms with Gasteiger partial charge in [0.1, 0.15) is 5.76 Å². The molecule has 1 aliphatic rings. The van der Waals surface area contributed by atoms with Gasteiger partial charge in [0.05, 0.1) is 18.7 Å². The molecule has 1 fully saturated rings. The van der Waals surface area contributed by atoms with Gasteiger partial charge in [-0.05, 0) is 31.4 Å². The molecule has 1 aliphatic carbocycles. The van der Waals surface area contributed by atoms with Gasteiger partial charge in [-0.25, -0.2) is 0 Å². The Morgan fingerprint density at radius 1 is 1.39 bits per heavy atom. The summed E-state index contributed by atoms with van der Waals surface area (Å²) < 4.78 is 5.12. The first-order valence-corrected chi connectivity index (χ1v) is 6.19. The van der Waals surface area contributed by atoms with E-state index in [0.717, 1.165) is 12.8 Å². The summed E-state index contributed by atoms with van der Waals surface area (Å²) in [5.41, 5.74) is 0. The van der Waals surface area contributed by atoms with Crippen LogP contribution in [0.2, 0.25) is 0 Å². The summed E-state index contributed by atoms with van der Waals surface area (Å²) in [4.78, 5) is 22.8. The third-order valence-corrected chi connectivity index (χ3v) is 3.41. The minimum absolute atomic E-state index is 0.0719. The van der Waals surface area contributed by atoms with E-state index in [1.165, 1.54) is 0 Å². The van der Waals surface area contributed by atoms with Gasteiger partial charge in [0, 0.05) is 5.92 Å². The standard InChI is InChI=1S/C13H17NO4/c15-12(14-8-11-5-2-6-18-11)9-3-1-4-10(7-9)13(16)17/h2,5-6,9-10H,1,3-4,7-8H2,(H,14,15)(H,16,17)/t9-,10+/m0/s1. The lowest BCUT2D eigenvalue weighted by Gasteiger charge is -2.25. The third-order valence-electron chi connectivity index (χ3n) is 3.41. The monoisotopic (exact) mass is 251 g/mol. The van der Waals surface area contributed by atoms with Gasteiger partial charge in [-0.3, -0.25) is 9.59 Å². The van der Waals surface area contributed by atoms with E-state index in [9.17, 15) is 9.59 Å². The van der Waals surface area contributed by atoms with Crippen molar-refractivity contribution in [3.8, 4) is 0 Å². The fourth-order valence-electron chi connectivity index (χ4n) is 2.38. The van der Waals surface area contributed by atoms with Crippen LogP contribution in [0.25, 0.3) is 0 Å². The molecule has 1 heterocycles. The first-order valence-electron chi connectivity index (χ1n) is 6.19. The zero-order valence-electron chi connectivity index (χ0n) is 10.1. The molecule has 1 aromatic rings. The van der Waals surface area contributed by atoms with E-state index in [2.05, 4.69) is 5.32 Å². The van der Waals surface area contributed by atoms with E-state index in [-0.39, 0.29) is 17.7 Å². The van der Waals surface area contributed by atoms with Gasteiger partial charge in [0.15, 0.2) is 0 Å². The molecule has 0 saturated heterocycles. The molecule has 0 radical (unpaired) electrons. The first-order chi connectivity index (χ1) is 8.66. The lowest BCUT2D eigenvalue weighted by atomic mass is 9.81. The zero-order valence-corrected chi connectivity index (χ0v) is 10.1. The maximum atomic E-state index is 11.9. The van der Waals surface area contributed by atoms with Gasteiger partial charge in [-0.1, -0.05) is 6.42 Å². The predicted molar refractivity (Wildman–Crippen MR) is 63.6 cm³/mol. The fourth-order valence-corrected chi connectivity index (χ4v) is 2.38. The highest BCUT2D eigenvalue weighted by Gasteiger charge is 2.30. The normalized spacial score (nSPS) is 23.6. The summed E-state index contributed by atoms with van der Waals surface area (Å²) in [6.07, 6.45) is 4.25. The average Bonchev–Trinajstić information content (AvgIpc) is 2.89. The molecule has 0 aromatic carbocycles. The second-order valence-corrected chi connectivity index (χ2v) is 4.70. The average molecular weight is 251 g/mol. The number of carbonyl (C=O) groups is 2. The molecular weight excluding hydrogens is 234 g/mol. The van der Waals surface area contributed by atoms with Gasteiger partial charge in [0.2, 0.25) is 5.91 Å². The number of rotatable bonds is 4. The van der Waals surface area contributed by atoms with E-state index in [1.54, 1.807) is 18.4 Å². The molecule has 98 valence electrons. The van der Waals surface area contributed by atoms with E-state index < -0.39 is 5.97 Å². The summed E-state index contributed by atoms with van der Waals surface area (Å²) in [7, 11) is 0. The highest BCUT2D eigenvalue weighted by molar-refractivity contribution is 5.80. The van der Waals surface area contributed by atoms with Gasteiger partial charge in [-0.15, -0.1) is 0 Å². The minimum atomic E-state index is -0.793. The number of nitrogens with one attached hydrogen (secondary N) is 1. The van der Waals surface area contributed by atoms with E-state index in [4.69, 9.17) is 9.52 Å². The minimum Gasteiger partial charge on any atom is -0.481 e. The summed E-state index contributed by atoms with van der Waals surface area (Å²) in [5, 5.41) is 11.8. The molecule has 2 atom stereocenters. The second kappa shape index (κ2) is 5.71. The maximum absolute atomic E-state index is 11.9. The van der Waals surface area contributed by atoms with Crippen LogP contribution in [0.15, 0.2) is 22.8 Å². The van der Waals surface area contributed by atoms with Crippen molar-refractivity contribution in [2.45, 2.75) is 32.2 Å². The lowest BCUT2D eigenvalue weighted by molar-refractivity contribution is -0.144. The number of amides is 1. The van der Waals surface area contributed by atoms with Crippen molar-refractivity contribution in [2.75, 3.05) is 0 Å². The molecule has 18 heavy (non-hydrogen) atoms. The van der Waals surface area contributed by atoms with Crippen LogP contribution in [0.3, 0.4) is 0 Å². The third kappa shape index (κ3) is 3.12. The van der Waals surface area contributed by atoms with Crippen LogP contribution in [0, 0.1) is 11.8 Å². The zero-order chi connectivity index (χ0) is 13.0. The summed E-state index contributed by atoms with van der Waals surface area (Å²) in [6.45, 7) is 0.361. The van der Waals surface area contributed by atoms with Gasteiger partial charge >= 0.3 is 5.97 Å². The van der Waals surface area contributed by atoms with Crippen molar-refractivity contribution in [1.82, 2.24) is 5.32 Å². The van der Waals surface area contributed by atoms with Crippen LogP contribution >= 0.6 is 0 Å². The molecule has 1 aromatic heterocycles. The Hall–Kier alpha value is -1.78. The Morgan fingerprint density at radius 3 is 2.83 bits per heavy atom. The van der Waals surface area contributed by atoms with Crippen molar-refractivity contribution in [2.24, 2.45) is 11.8 Å².